The fourth-order valence-corrected chi connectivity index (χ4v) is 3.53. The lowest BCUT2D eigenvalue weighted by molar-refractivity contribution is 0.120. The maximum Gasteiger partial charge on any atom is 0.125 e. The third-order valence-corrected chi connectivity index (χ3v) is 4.75. The number of fused-ring (bicyclic) bond motifs is 1. The first kappa shape index (κ1) is 16.1. The Balaban J connectivity index is 1.57. The molecule has 2 heterocycles. The van der Waals surface area contributed by atoms with Gasteiger partial charge in [0, 0.05) is 29.7 Å². The molecule has 0 aromatic heterocycles. The Morgan fingerprint density at radius 3 is 2.95 bits per heavy atom. The van der Waals surface area contributed by atoms with Crippen LogP contribution in [0, 0.1) is 0 Å². The summed E-state index contributed by atoms with van der Waals surface area (Å²) in [5.74, 6) is 0.872. The largest absolute Gasteiger partial charge is 0.493 e. The summed E-state index contributed by atoms with van der Waals surface area (Å²) in [5.41, 5.74) is 1.15. The van der Waals surface area contributed by atoms with Crippen molar-refractivity contribution in [3.8, 4) is 5.75 Å². The van der Waals surface area contributed by atoms with E-state index in [4.69, 9.17) is 16.3 Å². The predicted octanol–water partition coefficient (Wildman–Crippen LogP) is 2.60. The molecule has 3 rings (SSSR count). The van der Waals surface area contributed by atoms with Crippen LogP contribution in [-0.4, -0.2) is 48.9 Å². The quantitative estimate of drug-likeness (QED) is 0.874. The average Bonchev–Trinajstić information content (AvgIpc) is 2.92. The second-order valence-electron chi connectivity index (χ2n) is 6.30. The van der Waals surface area contributed by atoms with Crippen LogP contribution in [0.15, 0.2) is 18.2 Å². The van der Waals surface area contributed by atoms with Crippen LogP contribution in [0.4, 0.5) is 0 Å². The number of aliphatic hydroxyl groups excluding tert-OH is 1. The van der Waals surface area contributed by atoms with Crippen molar-refractivity contribution in [2.24, 2.45) is 0 Å². The number of halogens is 1. The zero-order valence-corrected chi connectivity index (χ0v) is 13.7. The second-order valence-corrected chi connectivity index (χ2v) is 6.73. The highest BCUT2D eigenvalue weighted by Gasteiger charge is 2.21. The van der Waals surface area contributed by atoms with Gasteiger partial charge in [0.1, 0.15) is 5.75 Å². The lowest BCUT2D eigenvalue weighted by Crippen LogP contribution is -2.38. The van der Waals surface area contributed by atoms with Crippen LogP contribution in [0.25, 0.3) is 0 Å². The van der Waals surface area contributed by atoms with Crippen molar-refractivity contribution >= 4 is 11.6 Å². The highest BCUT2D eigenvalue weighted by molar-refractivity contribution is 6.30. The molecule has 2 atom stereocenters. The van der Waals surface area contributed by atoms with E-state index in [9.17, 15) is 5.11 Å². The minimum atomic E-state index is -0.321. The topological polar surface area (TPSA) is 44.7 Å². The molecule has 0 bridgehead atoms. The summed E-state index contributed by atoms with van der Waals surface area (Å²) < 4.78 is 5.78. The van der Waals surface area contributed by atoms with E-state index in [0.717, 1.165) is 50.4 Å². The monoisotopic (exact) mass is 324 g/mol. The maximum atomic E-state index is 10.2. The molecule has 1 saturated heterocycles. The predicted molar refractivity (Wildman–Crippen MR) is 88.6 cm³/mol. The summed E-state index contributed by atoms with van der Waals surface area (Å²) in [7, 11) is 0. The van der Waals surface area contributed by atoms with E-state index in [1.165, 1.54) is 12.8 Å². The molecule has 22 heavy (non-hydrogen) atoms. The molecule has 2 aliphatic heterocycles. The fraction of sp³-hybridized carbons (Fsp3) is 0.647. The molecule has 4 nitrogen and oxygen atoms in total. The third-order valence-electron chi connectivity index (χ3n) is 4.51. The van der Waals surface area contributed by atoms with Gasteiger partial charge in [0.2, 0.25) is 0 Å². The fourth-order valence-electron chi connectivity index (χ4n) is 3.36. The van der Waals surface area contributed by atoms with Crippen LogP contribution in [0.3, 0.4) is 0 Å². The standard InChI is InChI=1S/C17H25ClN2O2/c18-13-5-6-15-16(4-3-9-22-17(15)10-13)19-11-14(21)12-20-7-1-2-8-20/h5-6,10,14,16,19,21H,1-4,7-9,11-12H2. The smallest absolute Gasteiger partial charge is 0.125 e. The maximum absolute atomic E-state index is 10.2. The number of hydrogen-bond acceptors (Lipinski definition) is 4. The minimum Gasteiger partial charge on any atom is -0.493 e. The van der Waals surface area contributed by atoms with Crippen molar-refractivity contribution in [3.63, 3.8) is 0 Å². The molecule has 1 aromatic carbocycles. The number of benzene rings is 1. The van der Waals surface area contributed by atoms with E-state index in [-0.39, 0.29) is 12.1 Å². The Hall–Kier alpha value is -0.810. The van der Waals surface area contributed by atoms with Gasteiger partial charge in [0.25, 0.3) is 0 Å². The van der Waals surface area contributed by atoms with Gasteiger partial charge < -0.3 is 20.1 Å². The van der Waals surface area contributed by atoms with Crippen LogP contribution in [0.5, 0.6) is 5.75 Å². The molecular formula is C17H25ClN2O2. The van der Waals surface area contributed by atoms with Gasteiger partial charge >= 0.3 is 0 Å². The lowest BCUT2D eigenvalue weighted by Gasteiger charge is -2.23. The summed E-state index contributed by atoms with van der Waals surface area (Å²) in [6.07, 6.45) is 4.22. The summed E-state index contributed by atoms with van der Waals surface area (Å²) in [4.78, 5) is 2.34. The number of hydrogen-bond donors (Lipinski definition) is 2. The number of likely N-dealkylation sites (tertiary alicyclic amines) is 1. The number of β-amino-alcohol motifs (C(OH)–C–C–N with tert-alkyl or cyclic N) is 1. The molecule has 2 unspecified atom stereocenters. The van der Waals surface area contributed by atoms with Gasteiger partial charge in [0.15, 0.2) is 0 Å². The molecule has 2 aliphatic rings. The molecule has 5 heteroatoms. The molecule has 122 valence electrons. The summed E-state index contributed by atoms with van der Waals surface area (Å²) in [6, 6.07) is 6.05. The van der Waals surface area contributed by atoms with Gasteiger partial charge in [-0.25, -0.2) is 0 Å². The van der Waals surface area contributed by atoms with Crippen LogP contribution in [0.2, 0.25) is 5.02 Å². The summed E-state index contributed by atoms with van der Waals surface area (Å²) in [5, 5.41) is 14.5. The van der Waals surface area contributed by atoms with Gasteiger partial charge in [-0.05, 0) is 50.9 Å². The molecule has 0 saturated carbocycles. The first-order chi connectivity index (χ1) is 10.7. The Labute approximate surface area is 137 Å². The number of aliphatic hydroxyl groups is 1. The van der Waals surface area contributed by atoms with E-state index < -0.39 is 0 Å². The Kier molecular flexibility index (Phi) is 5.58. The Morgan fingerprint density at radius 2 is 2.14 bits per heavy atom. The average molecular weight is 325 g/mol. The molecule has 2 N–H and O–H groups in total. The third kappa shape index (κ3) is 4.13. The van der Waals surface area contributed by atoms with Crippen molar-refractivity contribution in [2.45, 2.75) is 37.8 Å². The first-order valence-corrected chi connectivity index (χ1v) is 8.66. The Morgan fingerprint density at radius 1 is 1.32 bits per heavy atom. The molecule has 0 spiro atoms. The summed E-state index contributed by atoms with van der Waals surface area (Å²) in [6.45, 7) is 4.35. The first-order valence-electron chi connectivity index (χ1n) is 8.28. The van der Waals surface area contributed by atoms with Gasteiger partial charge in [-0.15, -0.1) is 0 Å². The number of nitrogens with zero attached hydrogens (tertiary/aromatic N) is 1. The van der Waals surface area contributed by atoms with E-state index in [2.05, 4.69) is 10.2 Å². The van der Waals surface area contributed by atoms with Gasteiger partial charge in [0.05, 0.1) is 12.7 Å². The number of rotatable bonds is 5. The van der Waals surface area contributed by atoms with Crippen molar-refractivity contribution in [3.05, 3.63) is 28.8 Å². The number of ether oxygens (including phenoxy) is 1. The van der Waals surface area contributed by atoms with Crippen LogP contribution >= 0.6 is 11.6 Å². The van der Waals surface area contributed by atoms with E-state index >= 15 is 0 Å². The van der Waals surface area contributed by atoms with E-state index in [1.54, 1.807) is 0 Å². The van der Waals surface area contributed by atoms with Gasteiger partial charge in [-0.1, -0.05) is 17.7 Å². The lowest BCUT2D eigenvalue weighted by atomic mass is 10.0. The van der Waals surface area contributed by atoms with E-state index in [0.29, 0.717) is 11.6 Å². The highest BCUT2D eigenvalue weighted by Crippen LogP contribution is 2.33. The minimum absolute atomic E-state index is 0.225. The van der Waals surface area contributed by atoms with Crippen molar-refractivity contribution < 1.29 is 9.84 Å². The molecule has 0 amide bonds. The van der Waals surface area contributed by atoms with Gasteiger partial charge in [-0.2, -0.15) is 0 Å². The molecule has 0 radical (unpaired) electrons. The van der Waals surface area contributed by atoms with Crippen LogP contribution in [0.1, 0.15) is 37.3 Å². The van der Waals surface area contributed by atoms with Crippen molar-refractivity contribution in [1.82, 2.24) is 10.2 Å². The van der Waals surface area contributed by atoms with Crippen LogP contribution < -0.4 is 10.1 Å². The molecular weight excluding hydrogens is 300 g/mol. The molecule has 1 aromatic rings. The second kappa shape index (κ2) is 7.64. The highest BCUT2D eigenvalue weighted by atomic mass is 35.5. The Bertz CT molecular complexity index is 492. The normalized spacial score (nSPS) is 23.6. The van der Waals surface area contributed by atoms with Crippen LogP contribution in [-0.2, 0) is 0 Å². The van der Waals surface area contributed by atoms with Crippen molar-refractivity contribution in [2.75, 3.05) is 32.8 Å². The zero-order chi connectivity index (χ0) is 15.4. The van der Waals surface area contributed by atoms with Gasteiger partial charge in [-0.3, -0.25) is 0 Å². The number of nitrogens with one attached hydrogen (secondary N) is 1. The SMILES string of the molecule is OC(CNC1CCCOc2cc(Cl)ccc21)CN1CCCC1. The molecule has 1 fully saturated rings. The molecule has 0 aliphatic carbocycles. The van der Waals surface area contributed by atoms with E-state index in [1.807, 2.05) is 18.2 Å². The van der Waals surface area contributed by atoms with Crippen molar-refractivity contribution in [1.29, 1.82) is 0 Å². The summed E-state index contributed by atoms with van der Waals surface area (Å²) >= 11 is 6.05. The zero-order valence-electron chi connectivity index (χ0n) is 12.9.